The predicted octanol–water partition coefficient (Wildman–Crippen LogP) is 4.91. The van der Waals surface area contributed by atoms with Gasteiger partial charge in [-0.25, -0.2) is 17.4 Å². The molecule has 5 nitrogen and oxygen atoms in total. The van der Waals surface area contributed by atoms with E-state index in [1.807, 2.05) is 0 Å². The number of halogens is 4. The van der Waals surface area contributed by atoms with Crippen LogP contribution in [0.15, 0.2) is 77.8 Å². The second-order valence-electron chi connectivity index (χ2n) is 7.97. The van der Waals surface area contributed by atoms with Gasteiger partial charge < -0.3 is 4.55 Å². The van der Waals surface area contributed by atoms with Crippen LogP contribution < -0.4 is 4.57 Å². The van der Waals surface area contributed by atoms with Gasteiger partial charge in [0.1, 0.15) is 11.9 Å². The number of fused-ring (bicyclic) bond motifs is 1. The van der Waals surface area contributed by atoms with Crippen molar-refractivity contribution >= 4 is 31.6 Å². The molecule has 0 saturated carbocycles. The predicted molar refractivity (Wildman–Crippen MR) is 124 cm³/mol. The Kier molecular flexibility index (Phi) is 6.84. The molecule has 4 bridgehead atoms. The Balaban J connectivity index is 0.000000297. The number of pyridine rings is 1. The van der Waals surface area contributed by atoms with Gasteiger partial charge in [0.15, 0.2) is 15.6 Å². The summed E-state index contributed by atoms with van der Waals surface area (Å²) in [7, 11) is -6.09. The molecule has 4 aliphatic rings. The normalized spacial score (nSPS) is 13.8. The van der Waals surface area contributed by atoms with Crippen LogP contribution in [-0.2, 0) is 35.8 Å². The van der Waals surface area contributed by atoms with Gasteiger partial charge in [0.25, 0.3) is 6.33 Å². The molecule has 0 aliphatic heterocycles. The van der Waals surface area contributed by atoms with Gasteiger partial charge in [-0.1, -0.05) is 46.3 Å². The van der Waals surface area contributed by atoms with Crippen LogP contribution in [0.25, 0.3) is 11.2 Å². The summed E-state index contributed by atoms with van der Waals surface area (Å²) in [6.45, 7) is 0. The van der Waals surface area contributed by atoms with Crippen molar-refractivity contribution in [2.45, 2.75) is 31.2 Å². The fourth-order valence-corrected chi connectivity index (χ4v) is 4.47. The third kappa shape index (κ3) is 5.51. The lowest BCUT2D eigenvalue weighted by Gasteiger charge is -2.13. The molecule has 2 aromatic carbocycles. The molecular weight excluding hydrogens is 533 g/mol. The molecule has 10 heteroatoms. The summed E-state index contributed by atoms with van der Waals surface area (Å²) in [6, 6.07) is 20.2. The lowest BCUT2D eigenvalue weighted by atomic mass is 9.95. The van der Waals surface area contributed by atoms with E-state index in [-0.39, 0.29) is 0 Å². The van der Waals surface area contributed by atoms with Crippen LogP contribution in [-0.4, -0.2) is 22.9 Å². The number of alkyl halides is 3. The van der Waals surface area contributed by atoms with Crippen LogP contribution in [0.4, 0.5) is 13.2 Å². The third-order valence-electron chi connectivity index (χ3n) is 5.64. The Bertz CT molecular complexity index is 1420. The Morgan fingerprint density at radius 2 is 1.53 bits per heavy atom. The zero-order valence-electron chi connectivity index (χ0n) is 17.8. The number of benzene rings is 2. The molecule has 0 unspecified atom stereocenters. The molecule has 178 valence electrons. The zero-order chi connectivity index (χ0) is 24.5. The molecule has 0 fully saturated rings. The van der Waals surface area contributed by atoms with E-state index in [1.54, 1.807) is 0 Å². The van der Waals surface area contributed by atoms with E-state index < -0.39 is 15.6 Å². The van der Waals surface area contributed by atoms with Gasteiger partial charge in [-0.15, -0.1) is 0 Å². The van der Waals surface area contributed by atoms with Gasteiger partial charge in [0, 0.05) is 4.47 Å². The van der Waals surface area contributed by atoms with Crippen molar-refractivity contribution in [2.24, 2.45) is 0 Å². The first-order valence-corrected chi connectivity index (χ1v) is 12.6. The Morgan fingerprint density at radius 1 is 0.912 bits per heavy atom. The van der Waals surface area contributed by atoms with Crippen molar-refractivity contribution in [3.05, 3.63) is 100 Å². The van der Waals surface area contributed by atoms with E-state index in [1.165, 1.54) is 37.9 Å². The average Bonchev–Trinajstić information content (AvgIpc) is 3.19. The summed E-state index contributed by atoms with van der Waals surface area (Å²) in [5, 5.41) is 0. The second kappa shape index (κ2) is 9.52. The standard InChI is InChI=1S/C23H20BrN2.CHF3O3S/c24-22-13-17-4-5-18-7-9-20(11-10-19(22)8-6-17)23(14-18)26-15-21-3-1-2-12-25(21)16-26;2-1(3,4)8(5,6)7/h1-3,6-9,12-16H,4-5,10-11H2;(H,5,6,7)/q+1;/p-1. The molecule has 8 rings (SSSR count). The van der Waals surface area contributed by atoms with E-state index in [9.17, 15) is 13.2 Å². The van der Waals surface area contributed by atoms with Crippen LogP contribution in [0.3, 0.4) is 0 Å². The highest BCUT2D eigenvalue weighted by Gasteiger charge is 2.36. The molecule has 0 atom stereocenters. The fraction of sp³-hybridized carbons (Fsp3) is 0.208. The van der Waals surface area contributed by atoms with Gasteiger partial charge in [-0.3, -0.25) is 0 Å². The van der Waals surface area contributed by atoms with Gasteiger partial charge in [-0.2, -0.15) is 13.2 Å². The van der Waals surface area contributed by atoms with E-state index in [0.717, 1.165) is 25.7 Å². The number of aromatic nitrogens is 2. The molecule has 4 aromatic rings. The fourth-order valence-electron chi connectivity index (χ4n) is 3.85. The largest absolute Gasteiger partial charge is 0.741 e. The summed E-state index contributed by atoms with van der Waals surface area (Å²) < 4.78 is 64.6. The van der Waals surface area contributed by atoms with Gasteiger partial charge in [-0.05, 0) is 72.2 Å². The number of imidazole rings is 1. The van der Waals surface area contributed by atoms with Crippen molar-refractivity contribution in [1.82, 2.24) is 4.40 Å². The summed E-state index contributed by atoms with van der Waals surface area (Å²) in [4.78, 5) is 0. The minimum absolute atomic E-state index is 1.03. The van der Waals surface area contributed by atoms with E-state index >= 15 is 0 Å². The first kappa shape index (κ1) is 24.4. The van der Waals surface area contributed by atoms with Crippen LogP contribution >= 0.6 is 15.9 Å². The molecule has 0 saturated heterocycles. The highest BCUT2D eigenvalue weighted by atomic mass is 79.9. The number of hydrogen-bond acceptors (Lipinski definition) is 3. The molecule has 2 aromatic heterocycles. The van der Waals surface area contributed by atoms with Gasteiger partial charge >= 0.3 is 5.51 Å². The zero-order valence-corrected chi connectivity index (χ0v) is 20.2. The summed E-state index contributed by atoms with van der Waals surface area (Å²) >= 11 is 3.77. The maximum atomic E-state index is 10.7. The third-order valence-corrected chi connectivity index (χ3v) is 6.94. The Morgan fingerprint density at radius 3 is 2.15 bits per heavy atom. The lowest BCUT2D eigenvalue weighted by Crippen LogP contribution is -2.29. The number of hydrogen-bond donors (Lipinski definition) is 0. The summed E-state index contributed by atoms with van der Waals surface area (Å²) in [6.07, 6.45) is 10.7. The average molecular weight is 553 g/mol. The van der Waals surface area contributed by atoms with Crippen molar-refractivity contribution in [3.63, 3.8) is 0 Å². The molecule has 34 heavy (non-hydrogen) atoms. The van der Waals surface area contributed by atoms with Crippen LogP contribution in [0.1, 0.15) is 22.3 Å². The van der Waals surface area contributed by atoms with Crippen molar-refractivity contribution in [2.75, 3.05) is 0 Å². The van der Waals surface area contributed by atoms with Crippen LogP contribution in [0, 0.1) is 0 Å². The number of rotatable bonds is 1. The first-order valence-electron chi connectivity index (χ1n) is 10.4. The molecule has 0 amide bonds. The Labute approximate surface area is 203 Å². The molecule has 0 spiro atoms. The monoisotopic (exact) mass is 552 g/mol. The number of aryl methyl sites for hydroxylation is 4. The van der Waals surface area contributed by atoms with E-state index in [2.05, 4.69) is 98.2 Å². The first-order chi connectivity index (χ1) is 16.0. The van der Waals surface area contributed by atoms with Crippen LogP contribution in [0.2, 0.25) is 0 Å². The molecule has 4 aliphatic carbocycles. The molecule has 0 N–H and O–H groups in total. The lowest BCUT2D eigenvalue weighted by molar-refractivity contribution is -0.594. The summed E-state index contributed by atoms with van der Waals surface area (Å²) in [5.41, 5.74) is 2.44. The van der Waals surface area contributed by atoms with E-state index in [0.29, 0.717) is 0 Å². The second-order valence-corrected chi connectivity index (χ2v) is 10.2. The van der Waals surface area contributed by atoms with Crippen LogP contribution in [0.5, 0.6) is 0 Å². The minimum atomic E-state index is -6.09. The number of nitrogens with zero attached hydrogens (tertiary/aromatic N) is 2. The maximum absolute atomic E-state index is 10.7. The topological polar surface area (TPSA) is 65.5 Å². The van der Waals surface area contributed by atoms with E-state index in [4.69, 9.17) is 13.0 Å². The SMILES string of the molecule is Brc1cc2ccc1CCc1ccc(cc1-[n+]1cc3ccccn3c1)CC2.O=S(=O)([O-])C(F)(F)F. The molecule has 2 heterocycles. The maximum Gasteiger partial charge on any atom is 0.485 e. The quantitative estimate of drug-likeness (QED) is 0.191. The smallest absolute Gasteiger partial charge is 0.485 e. The molecule has 0 radical (unpaired) electrons. The van der Waals surface area contributed by atoms with Crippen molar-refractivity contribution < 1.29 is 30.7 Å². The Hall–Kier alpha value is -2.69. The summed E-state index contributed by atoms with van der Waals surface area (Å²) in [5.74, 6) is 0. The minimum Gasteiger partial charge on any atom is -0.741 e. The highest BCUT2D eigenvalue weighted by molar-refractivity contribution is 9.10. The van der Waals surface area contributed by atoms with Crippen molar-refractivity contribution in [1.29, 1.82) is 0 Å². The highest BCUT2D eigenvalue weighted by Crippen LogP contribution is 2.25. The van der Waals surface area contributed by atoms with Gasteiger partial charge in [0.2, 0.25) is 0 Å². The molecular formula is C24H20BrF3N2O3S. The van der Waals surface area contributed by atoms with Crippen molar-refractivity contribution in [3.8, 4) is 5.69 Å². The van der Waals surface area contributed by atoms with Gasteiger partial charge in [0.05, 0.1) is 6.20 Å².